The smallest absolute Gasteiger partial charge is 0.315 e. The first-order chi connectivity index (χ1) is 27.6. The summed E-state index contributed by atoms with van der Waals surface area (Å²) in [6, 6.07) is 0. The van der Waals surface area contributed by atoms with Crippen molar-refractivity contribution in [2.45, 2.75) is 207 Å². The molecule has 4 aliphatic heterocycles. The molecular weight excluding hydrogens is 749 g/mol. The number of ether oxygens (including phenoxy) is 5. The van der Waals surface area contributed by atoms with E-state index in [1.807, 2.05) is 0 Å². The monoisotopic (exact) mass is 828 g/mol. The fourth-order valence-corrected chi connectivity index (χ4v) is 14.8. The van der Waals surface area contributed by atoms with Gasteiger partial charge in [0.2, 0.25) is 9.04 Å². The fraction of sp³-hybridized carbons (Fsp3) is 0.917. The van der Waals surface area contributed by atoms with E-state index in [0.29, 0.717) is 25.4 Å². The highest BCUT2D eigenvalue weighted by molar-refractivity contribution is 6.48. The summed E-state index contributed by atoms with van der Waals surface area (Å²) in [5.41, 5.74) is -2.62. The lowest BCUT2D eigenvalue weighted by molar-refractivity contribution is -0.491. The van der Waals surface area contributed by atoms with Crippen molar-refractivity contribution in [1.29, 1.82) is 0 Å². The molecule has 329 valence electrons. The van der Waals surface area contributed by atoms with Crippen LogP contribution in [-0.4, -0.2) is 69.9 Å². The van der Waals surface area contributed by atoms with Crippen molar-refractivity contribution >= 4 is 21.3 Å². The van der Waals surface area contributed by atoms with E-state index in [2.05, 4.69) is 67.6 Å². The van der Waals surface area contributed by atoms with E-state index in [0.717, 1.165) is 37.5 Å². The number of rotatable bonds is 24. The molecule has 0 aromatic heterocycles. The first-order valence-electron chi connectivity index (χ1n) is 23.8. The maximum atomic E-state index is 14.2. The lowest BCUT2D eigenvalue weighted by Crippen LogP contribution is -2.66. The number of carbonyl (C=O) groups excluding carboxylic acids is 1. The number of aldehydes is 1. The third-order valence-electron chi connectivity index (χ3n) is 16.3. The van der Waals surface area contributed by atoms with Crippen LogP contribution >= 0.6 is 0 Å². The summed E-state index contributed by atoms with van der Waals surface area (Å²) < 4.78 is 41.4. The van der Waals surface area contributed by atoms with Gasteiger partial charge < -0.3 is 33.3 Å². The van der Waals surface area contributed by atoms with Crippen molar-refractivity contribution in [2.75, 3.05) is 13.2 Å². The van der Waals surface area contributed by atoms with E-state index in [1.54, 1.807) is 0 Å². The van der Waals surface area contributed by atoms with E-state index in [4.69, 9.17) is 28.1 Å². The average Bonchev–Trinajstić information content (AvgIpc) is 3.85. The minimum absolute atomic E-state index is 0.0148. The number of carboxylic acid groups (broad SMARTS) is 1. The SMILES string of the molecule is CCCCCCCCCCCCCCCCOC1C2OC3(O[Si](C)C)OC(OCC45CC6C(C)CCC6C6(C=O)CC4C=C(C(C)C)C65C(=O)O)(OC13)C2C(C)(C)C. The Morgan fingerprint density at radius 2 is 1.55 bits per heavy atom. The van der Waals surface area contributed by atoms with Crippen molar-refractivity contribution in [3.8, 4) is 0 Å². The van der Waals surface area contributed by atoms with Crippen LogP contribution in [0.3, 0.4) is 0 Å². The second kappa shape index (κ2) is 17.2. The Morgan fingerprint density at radius 1 is 0.931 bits per heavy atom. The van der Waals surface area contributed by atoms with Crippen molar-refractivity contribution < 1.29 is 42.8 Å². The van der Waals surface area contributed by atoms with Gasteiger partial charge in [-0.2, -0.15) is 0 Å². The molecule has 10 heteroatoms. The van der Waals surface area contributed by atoms with Crippen LogP contribution in [0.25, 0.3) is 0 Å². The van der Waals surface area contributed by atoms with Crippen LogP contribution in [0.1, 0.15) is 164 Å². The maximum absolute atomic E-state index is 14.2. The van der Waals surface area contributed by atoms with Gasteiger partial charge in [0.15, 0.2) is 6.10 Å². The Morgan fingerprint density at radius 3 is 2.10 bits per heavy atom. The van der Waals surface area contributed by atoms with Gasteiger partial charge in [0.25, 0.3) is 5.97 Å². The Labute approximate surface area is 352 Å². The zero-order valence-electron chi connectivity index (χ0n) is 37.7. The number of carbonyl (C=O) groups is 2. The largest absolute Gasteiger partial charge is 0.481 e. The summed E-state index contributed by atoms with van der Waals surface area (Å²) >= 11 is 0. The normalized spacial score (nSPS) is 41.9. The highest BCUT2D eigenvalue weighted by atomic mass is 28.3. The zero-order chi connectivity index (χ0) is 41.7. The lowest BCUT2D eigenvalue weighted by atomic mass is 9.43. The van der Waals surface area contributed by atoms with Gasteiger partial charge in [0.05, 0.1) is 17.9 Å². The van der Waals surface area contributed by atoms with Gasteiger partial charge in [0, 0.05) is 12.0 Å². The maximum Gasteiger partial charge on any atom is 0.315 e. The average molecular weight is 828 g/mol. The molecule has 0 aromatic rings. The highest BCUT2D eigenvalue weighted by Gasteiger charge is 2.86. The van der Waals surface area contributed by atoms with Gasteiger partial charge in [-0.3, -0.25) is 9.53 Å². The van der Waals surface area contributed by atoms with Crippen molar-refractivity contribution in [3.63, 3.8) is 0 Å². The summed E-state index contributed by atoms with van der Waals surface area (Å²) in [4.78, 5) is 27.8. The molecule has 0 amide bonds. The summed E-state index contributed by atoms with van der Waals surface area (Å²) in [5.74, 6) is -3.61. The molecule has 8 bridgehead atoms. The Bertz CT molecular complexity index is 1490. The molecule has 58 heavy (non-hydrogen) atoms. The Balaban J connectivity index is 1.04. The van der Waals surface area contributed by atoms with Crippen LogP contribution in [0.5, 0.6) is 0 Å². The topological polar surface area (TPSA) is 110 Å². The predicted octanol–water partition coefficient (Wildman–Crippen LogP) is 10.9. The van der Waals surface area contributed by atoms with Gasteiger partial charge >= 0.3 is 11.9 Å². The minimum atomic E-state index is -1.52. The van der Waals surface area contributed by atoms with Crippen molar-refractivity contribution in [1.82, 2.24) is 0 Å². The van der Waals surface area contributed by atoms with Crippen LogP contribution in [-0.2, 0) is 37.7 Å². The summed E-state index contributed by atoms with van der Waals surface area (Å²) in [7, 11) is -1.32. The molecule has 0 spiro atoms. The lowest BCUT2D eigenvalue weighted by Gasteiger charge is -2.59. The summed E-state index contributed by atoms with van der Waals surface area (Å²) in [6.45, 7) is 20.1. The molecule has 7 fully saturated rings. The molecule has 0 aromatic carbocycles. The van der Waals surface area contributed by atoms with E-state index in [1.165, 1.54) is 77.0 Å². The number of aliphatic carboxylic acids is 1. The Kier molecular flexibility index (Phi) is 13.3. The standard InChI is InChI=1S/C48H79O9Si/c1-10-11-12-13-14-15-16-17-18-19-20-21-22-23-26-52-39-38-40(43(5,6)7)47(55-41(39)48(54-38,56-47)57-58(8)9)53-31-45-29-35-33(4)24-25-36(35)44(30-49)28-34(45)27-37(32(2)3)46(44,45)42(50)51/h27,30,32-36,38-41H,10-26,28-29,31H2,1-9H3,(H,50,51). The van der Waals surface area contributed by atoms with Gasteiger partial charge in [-0.1, -0.05) is 150 Å². The predicted molar refractivity (Wildman–Crippen MR) is 226 cm³/mol. The first-order valence-corrected chi connectivity index (χ1v) is 26.2. The molecule has 9 nitrogen and oxygen atoms in total. The second-order valence-corrected chi connectivity index (χ2v) is 23.5. The number of allylic oxidation sites excluding steroid dienone is 1. The summed E-state index contributed by atoms with van der Waals surface area (Å²) in [6.07, 6.45) is 23.4. The van der Waals surface area contributed by atoms with Gasteiger partial charge in [-0.15, -0.1) is 0 Å². The molecule has 4 aliphatic carbocycles. The molecule has 13 atom stereocenters. The van der Waals surface area contributed by atoms with E-state index >= 15 is 0 Å². The highest BCUT2D eigenvalue weighted by Crippen LogP contribution is 2.83. The minimum Gasteiger partial charge on any atom is -0.481 e. The molecule has 3 saturated carbocycles. The molecule has 4 saturated heterocycles. The van der Waals surface area contributed by atoms with Gasteiger partial charge in [-0.05, 0) is 73.8 Å². The number of hydrogen-bond acceptors (Lipinski definition) is 8. The second-order valence-electron chi connectivity index (χ2n) is 21.5. The quantitative estimate of drug-likeness (QED) is 0.0440. The summed E-state index contributed by atoms with van der Waals surface area (Å²) in [5, 5.41) is 11.6. The van der Waals surface area contributed by atoms with Crippen LogP contribution in [0.15, 0.2) is 11.6 Å². The van der Waals surface area contributed by atoms with Crippen LogP contribution in [0.4, 0.5) is 0 Å². The molecule has 8 aliphatic rings. The molecule has 8 rings (SSSR count). The number of hydrogen-bond donors (Lipinski definition) is 1. The third kappa shape index (κ3) is 7.09. The molecule has 1 N–H and O–H groups in total. The van der Waals surface area contributed by atoms with Crippen LogP contribution in [0, 0.1) is 57.2 Å². The van der Waals surface area contributed by atoms with Crippen LogP contribution in [0.2, 0.25) is 13.1 Å². The molecule has 1 radical (unpaired) electrons. The Hall–Kier alpha value is -1.14. The van der Waals surface area contributed by atoms with Gasteiger partial charge in [-0.25, -0.2) is 0 Å². The van der Waals surface area contributed by atoms with Crippen molar-refractivity contribution in [3.05, 3.63) is 11.6 Å². The molecular formula is C48H79O9Si. The molecule has 13 unspecified atom stereocenters. The molecule has 4 heterocycles. The number of carboxylic acids is 1. The third-order valence-corrected chi connectivity index (χ3v) is 17.0. The first kappa shape index (κ1) is 44.9. The zero-order valence-corrected chi connectivity index (χ0v) is 38.7. The van der Waals surface area contributed by atoms with Crippen LogP contribution < -0.4 is 0 Å². The van der Waals surface area contributed by atoms with Gasteiger partial charge in [0.1, 0.15) is 23.9 Å². The number of fused-ring (bicyclic) bond motifs is 2. The fourth-order valence-electron chi connectivity index (χ4n) is 14.0. The van der Waals surface area contributed by atoms with E-state index < -0.39 is 60.8 Å². The number of unbranched alkanes of at least 4 members (excludes halogenated alkanes) is 13. The van der Waals surface area contributed by atoms with E-state index in [9.17, 15) is 14.7 Å². The van der Waals surface area contributed by atoms with Crippen molar-refractivity contribution in [2.24, 2.45) is 57.2 Å². The van der Waals surface area contributed by atoms with E-state index in [-0.39, 0.29) is 42.3 Å².